The number of likely N-dealkylation sites (tertiary alicyclic amines) is 1. The second-order valence-corrected chi connectivity index (χ2v) is 9.02. The standard InChI is InChI=1S/C24H25N7O4/c1-28-6-3-19(24(28)34)30-14-15-11-18(20(12-16(15)23(30)33)29-7-9-35-10-8-29)27-22(32)17-13-26-31-5-2-4-25-21(17)31/h2,4-5,11-13,19H,3,6-10,14H2,1H3,(H,27,32)/t19-/m1/s1. The predicted molar refractivity (Wildman–Crippen MR) is 126 cm³/mol. The molecule has 3 aromatic rings. The van der Waals surface area contributed by atoms with Crippen molar-refractivity contribution >= 4 is 34.7 Å². The molecule has 0 aliphatic carbocycles. The van der Waals surface area contributed by atoms with Gasteiger partial charge in [0.25, 0.3) is 11.8 Å². The topological polar surface area (TPSA) is 112 Å². The molecule has 1 N–H and O–H groups in total. The normalized spacial score (nSPS) is 20.1. The fraction of sp³-hybridized carbons (Fsp3) is 0.375. The molecule has 6 rings (SSSR count). The highest BCUT2D eigenvalue weighted by Gasteiger charge is 2.41. The maximum atomic E-state index is 13.3. The van der Waals surface area contributed by atoms with E-state index in [1.165, 1.54) is 6.20 Å². The van der Waals surface area contributed by atoms with Crippen LogP contribution < -0.4 is 10.2 Å². The lowest BCUT2D eigenvalue weighted by Gasteiger charge is -2.31. The van der Waals surface area contributed by atoms with Crippen molar-refractivity contribution in [1.82, 2.24) is 24.4 Å². The van der Waals surface area contributed by atoms with Crippen molar-refractivity contribution in [2.75, 3.05) is 50.1 Å². The molecule has 0 radical (unpaired) electrons. The maximum Gasteiger partial charge on any atom is 0.261 e. The molecule has 0 unspecified atom stereocenters. The van der Waals surface area contributed by atoms with Gasteiger partial charge in [-0.3, -0.25) is 14.4 Å². The molecule has 3 aliphatic heterocycles. The van der Waals surface area contributed by atoms with E-state index < -0.39 is 6.04 Å². The van der Waals surface area contributed by atoms with Gasteiger partial charge in [0.2, 0.25) is 5.91 Å². The van der Waals surface area contributed by atoms with Crippen LogP contribution in [-0.2, 0) is 16.1 Å². The van der Waals surface area contributed by atoms with E-state index in [9.17, 15) is 14.4 Å². The van der Waals surface area contributed by atoms with Crippen LogP contribution in [0.4, 0.5) is 11.4 Å². The number of morpholine rings is 1. The molecule has 180 valence electrons. The number of benzene rings is 1. The van der Waals surface area contributed by atoms with Gasteiger partial charge in [0.05, 0.1) is 30.8 Å². The highest BCUT2D eigenvalue weighted by molar-refractivity contribution is 6.10. The van der Waals surface area contributed by atoms with E-state index >= 15 is 0 Å². The molecular weight excluding hydrogens is 450 g/mol. The Hall–Kier alpha value is -3.99. The third-order valence-corrected chi connectivity index (χ3v) is 6.95. The van der Waals surface area contributed by atoms with Gasteiger partial charge in [0.1, 0.15) is 11.6 Å². The number of likely N-dealkylation sites (N-methyl/N-ethyl adjacent to an activating group) is 1. The molecule has 3 aliphatic rings. The summed E-state index contributed by atoms with van der Waals surface area (Å²) in [6.45, 7) is 3.38. The number of hydrogen-bond donors (Lipinski definition) is 1. The van der Waals surface area contributed by atoms with Crippen molar-refractivity contribution in [2.24, 2.45) is 0 Å². The molecule has 11 heteroatoms. The van der Waals surface area contributed by atoms with E-state index in [4.69, 9.17) is 4.74 Å². The number of anilines is 2. The third-order valence-electron chi connectivity index (χ3n) is 6.95. The molecule has 2 saturated heterocycles. The number of carbonyl (C=O) groups is 3. The van der Waals surface area contributed by atoms with Gasteiger partial charge in [-0.15, -0.1) is 0 Å². The zero-order valence-electron chi connectivity index (χ0n) is 19.3. The summed E-state index contributed by atoms with van der Waals surface area (Å²) in [6, 6.07) is 5.00. The van der Waals surface area contributed by atoms with E-state index in [2.05, 4.69) is 20.3 Å². The Morgan fingerprint density at radius 1 is 1.17 bits per heavy atom. The molecule has 5 heterocycles. The summed E-state index contributed by atoms with van der Waals surface area (Å²) >= 11 is 0. The summed E-state index contributed by atoms with van der Waals surface area (Å²) in [5.74, 6) is -0.511. The van der Waals surface area contributed by atoms with Gasteiger partial charge in [0, 0.05) is 51.2 Å². The monoisotopic (exact) mass is 475 g/mol. The van der Waals surface area contributed by atoms with Crippen LogP contribution in [-0.4, -0.2) is 88.1 Å². The summed E-state index contributed by atoms with van der Waals surface area (Å²) in [7, 11) is 1.76. The average molecular weight is 476 g/mol. The Bertz CT molecular complexity index is 1350. The average Bonchev–Trinajstić information content (AvgIpc) is 3.55. The summed E-state index contributed by atoms with van der Waals surface area (Å²) < 4.78 is 7.05. The van der Waals surface area contributed by atoms with Gasteiger partial charge in [-0.05, 0) is 30.2 Å². The van der Waals surface area contributed by atoms with Crippen LogP contribution in [0.3, 0.4) is 0 Å². The Kier molecular flexibility index (Phi) is 5.14. The number of nitrogens with zero attached hydrogens (tertiary/aromatic N) is 6. The van der Waals surface area contributed by atoms with Gasteiger partial charge in [-0.1, -0.05) is 0 Å². The summed E-state index contributed by atoms with van der Waals surface area (Å²) in [5, 5.41) is 7.24. The Labute approximate surface area is 201 Å². The predicted octanol–water partition coefficient (Wildman–Crippen LogP) is 1.00. The number of amides is 3. The van der Waals surface area contributed by atoms with Crippen molar-refractivity contribution in [2.45, 2.75) is 19.0 Å². The molecule has 0 bridgehead atoms. The molecular formula is C24H25N7O4. The first-order chi connectivity index (χ1) is 17.0. The summed E-state index contributed by atoms with van der Waals surface area (Å²) in [4.78, 5) is 48.9. The minimum Gasteiger partial charge on any atom is -0.378 e. The first-order valence-corrected chi connectivity index (χ1v) is 11.7. The lowest BCUT2D eigenvalue weighted by Crippen LogP contribution is -2.41. The van der Waals surface area contributed by atoms with E-state index in [1.54, 1.807) is 39.8 Å². The molecule has 1 atom stereocenters. The minimum atomic E-state index is -0.449. The molecule has 0 saturated carbocycles. The lowest BCUT2D eigenvalue weighted by atomic mass is 10.1. The zero-order chi connectivity index (χ0) is 24.1. The van der Waals surface area contributed by atoms with Gasteiger partial charge in [0.15, 0.2) is 5.65 Å². The van der Waals surface area contributed by atoms with Crippen molar-refractivity contribution in [3.05, 3.63) is 53.5 Å². The van der Waals surface area contributed by atoms with Crippen LogP contribution in [0.25, 0.3) is 5.65 Å². The lowest BCUT2D eigenvalue weighted by molar-refractivity contribution is -0.130. The van der Waals surface area contributed by atoms with Gasteiger partial charge in [-0.2, -0.15) is 5.10 Å². The summed E-state index contributed by atoms with van der Waals surface area (Å²) in [6.07, 6.45) is 5.46. The number of aromatic nitrogens is 3. The maximum absolute atomic E-state index is 13.3. The third kappa shape index (κ3) is 3.59. The molecule has 35 heavy (non-hydrogen) atoms. The van der Waals surface area contributed by atoms with Gasteiger partial charge < -0.3 is 24.8 Å². The van der Waals surface area contributed by atoms with Crippen LogP contribution in [0.1, 0.15) is 32.7 Å². The van der Waals surface area contributed by atoms with Crippen molar-refractivity contribution in [3.63, 3.8) is 0 Å². The van der Waals surface area contributed by atoms with E-state index in [0.29, 0.717) is 68.3 Å². The number of carbonyl (C=O) groups excluding carboxylic acids is 3. The quantitative estimate of drug-likeness (QED) is 0.599. The van der Waals surface area contributed by atoms with E-state index in [-0.39, 0.29) is 17.7 Å². The number of nitrogens with one attached hydrogen (secondary N) is 1. The zero-order valence-corrected chi connectivity index (χ0v) is 19.3. The van der Waals surface area contributed by atoms with E-state index in [1.807, 2.05) is 12.1 Å². The van der Waals surface area contributed by atoms with Gasteiger partial charge in [-0.25, -0.2) is 9.50 Å². The Morgan fingerprint density at radius 2 is 2.00 bits per heavy atom. The molecule has 11 nitrogen and oxygen atoms in total. The van der Waals surface area contributed by atoms with E-state index in [0.717, 1.165) is 11.3 Å². The number of ether oxygens (including phenoxy) is 1. The summed E-state index contributed by atoms with van der Waals surface area (Å²) in [5.41, 5.74) is 3.55. The minimum absolute atomic E-state index is 0.0336. The smallest absolute Gasteiger partial charge is 0.261 e. The fourth-order valence-electron chi connectivity index (χ4n) is 5.06. The number of hydrogen-bond acceptors (Lipinski definition) is 7. The first kappa shape index (κ1) is 21.5. The van der Waals surface area contributed by atoms with Crippen LogP contribution in [0.15, 0.2) is 36.8 Å². The fourth-order valence-corrected chi connectivity index (χ4v) is 5.06. The van der Waals surface area contributed by atoms with Crippen LogP contribution >= 0.6 is 0 Å². The second kappa shape index (κ2) is 8.35. The van der Waals surface area contributed by atoms with Gasteiger partial charge >= 0.3 is 0 Å². The largest absolute Gasteiger partial charge is 0.378 e. The van der Waals surface area contributed by atoms with Crippen LogP contribution in [0.2, 0.25) is 0 Å². The number of rotatable bonds is 4. The van der Waals surface area contributed by atoms with Crippen molar-refractivity contribution in [1.29, 1.82) is 0 Å². The van der Waals surface area contributed by atoms with Crippen LogP contribution in [0, 0.1) is 0 Å². The Morgan fingerprint density at radius 3 is 2.77 bits per heavy atom. The molecule has 2 aromatic heterocycles. The highest BCUT2D eigenvalue weighted by Crippen LogP contribution is 2.37. The first-order valence-electron chi connectivity index (χ1n) is 11.7. The SMILES string of the molecule is CN1CC[C@@H](N2Cc3cc(NC(=O)c4cnn5cccnc45)c(N4CCOCC4)cc3C2=O)C1=O. The molecule has 1 aromatic carbocycles. The second-order valence-electron chi connectivity index (χ2n) is 9.02. The molecule has 0 spiro atoms. The molecule has 2 fully saturated rings. The van der Waals surface area contributed by atoms with Crippen molar-refractivity contribution < 1.29 is 19.1 Å². The Balaban J connectivity index is 1.36. The number of fused-ring (bicyclic) bond motifs is 2. The van der Waals surface area contributed by atoms with Crippen LogP contribution in [0.5, 0.6) is 0 Å². The van der Waals surface area contributed by atoms with Crippen molar-refractivity contribution in [3.8, 4) is 0 Å². The molecule has 3 amide bonds. The highest BCUT2D eigenvalue weighted by atomic mass is 16.5.